The SMILES string of the molecule is COC(=O)CC[C@H](NC(=O)C1(C)CCCN1)C(=O)O. The number of carboxylic acid groups (broad SMARTS) is 1. The molecule has 1 aliphatic rings. The van der Waals surface area contributed by atoms with Crippen LogP contribution in [0.3, 0.4) is 0 Å². The van der Waals surface area contributed by atoms with Gasteiger partial charge in [0.15, 0.2) is 0 Å². The predicted molar refractivity (Wildman–Crippen MR) is 66.5 cm³/mol. The molecule has 7 heteroatoms. The first-order valence-corrected chi connectivity index (χ1v) is 6.24. The van der Waals surface area contributed by atoms with Crippen molar-refractivity contribution in [3.8, 4) is 0 Å². The normalized spacial score (nSPS) is 23.7. The maximum atomic E-state index is 12.0. The Morgan fingerprint density at radius 2 is 2.16 bits per heavy atom. The fourth-order valence-electron chi connectivity index (χ4n) is 2.03. The zero-order chi connectivity index (χ0) is 14.5. The van der Waals surface area contributed by atoms with Gasteiger partial charge in [-0.1, -0.05) is 0 Å². The Kier molecular flexibility index (Phi) is 5.29. The van der Waals surface area contributed by atoms with Gasteiger partial charge >= 0.3 is 11.9 Å². The summed E-state index contributed by atoms with van der Waals surface area (Å²) in [5, 5.41) is 14.6. The lowest BCUT2D eigenvalue weighted by molar-refractivity contribution is -0.144. The minimum Gasteiger partial charge on any atom is -0.480 e. The Labute approximate surface area is 111 Å². The Hall–Kier alpha value is -1.63. The summed E-state index contributed by atoms with van der Waals surface area (Å²) in [7, 11) is 1.24. The maximum Gasteiger partial charge on any atom is 0.326 e. The van der Waals surface area contributed by atoms with Gasteiger partial charge in [-0.05, 0) is 32.7 Å². The van der Waals surface area contributed by atoms with Crippen molar-refractivity contribution in [3.63, 3.8) is 0 Å². The van der Waals surface area contributed by atoms with Crippen LogP contribution in [-0.4, -0.2) is 48.2 Å². The first-order valence-electron chi connectivity index (χ1n) is 6.24. The van der Waals surface area contributed by atoms with Crippen molar-refractivity contribution in [2.24, 2.45) is 0 Å². The topological polar surface area (TPSA) is 105 Å². The van der Waals surface area contributed by atoms with Crippen molar-refractivity contribution >= 4 is 17.8 Å². The van der Waals surface area contributed by atoms with Crippen LogP contribution in [0.1, 0.15) is 32.6 Å². The molecule has 3 N–H and O–H groups in total. The lowest BCUT2D eigenvalue weighted by Crippen LogP contribution is -2.55. The van der Waals surface area contributed by atoms with Gasteiger partial charge in [0.05, 0.1) is 12.6 Å². The number of carbonyl (C=O) groups is 3. The molecule has 0 bridgehead atoms. The molecule has 0 aliphatic carbocycles. The molecule has 1 saturated heterocycles. The number of methoxy groups -OCH3 is 1. The third-order valence-electron chi connectivity index (χ3n) is 3.34. The van der Waals surface area contributed by atoms with Crippen LogP contribution in [0.15, 0.2) is 0 Å². The molecule has 1 aliphatic heterocycles. The highest BCUT2D eigenvalue weighted by Gasteiger charge is 2.37. The molecule has 0 aromatic heterocycles. The van der Waals surface area contributed by atoms with E-state index in [1.165, 1.54) is 7.11 Å². The maximum absolute atomic E-state index is 12.0. The Balaban J connectivity index is 2.55. The number of aliphatic carboxylic acids is 1. The smallest absolute Gasteiger partial charge is 0.326 e. The van der Waals surface area contributed by atoms with Crippen LogP contribution in [-0.2, 0) is 19.1 Å². The van der Waals surface area contributed by atoms with Crippen LogP contribution in [0.25, 0.3) is 0 Å². The second-order valence-electron chi connectivity index (χ2n) is 4.84. The monoisotopic (exact) mass is 272 g/mol. The van der Waals surface area contributed by atoms with Crippen LogP contribution in [0, 0.1) is 0 Å². The van der Waals surface area contributed by atoms with Gasteiger partial charge in [-0.15, -0.1) is 0 Å². The van der Waals surface area contributed by atoms with Gasteiger partial charge in [0.2, 0.25) is 5.91 Å². The van der Waals surface area contributed by atoms with Crippen LogP contribution >= 0.6 is 0 Å². The van der Waals surface area contributed by atoms with E-state index in [9.17, 15) is 14.4 Å². The molecular formula is C12H20N2O5. The number of hydrogen-bond donors (Lipinski definition) is 3. The molecule has 1 amide bonds. The Morgan fingerprint density at radius 1 is 1.47 bits per heavy atom. The summed E-state index contributed by atoms with van der Waals surface area (Å²) in [6, 6.07) is -1.08. The summed E-state index contributed by atoms with van der Waals surface area (Å²) in [6.45, 7) is 2.48. The van der Waals surface area contributed by atoms with E-state index >= 15 is 0 Å². The number of amides is 1. The van der Waals surface area contributed by atoms with E-state index < -0.39 is 23.5 Å². The van der Waals surface area contributed by atoms with Crippen molar-refractivity contribution in [2.75, 3.05) is 13.7 Å². The van der Waals surface area contributed by atoms with Gasteiger partial charge in [-0.2, -0.15) is 0 Å². The van der Waals surface area contributed by atoms with Crippen molar-refractivity contribution < 1.29 is 24.2 Å². The molecule has 0 radical (unpaired) electrons. The molecule has 7 nitrogen and oxygen atoms in total. The third-order valence-corrected chi connectivity index (χ3v) is 3.34. The summed E-state index contributed by atoms with van der Waals surface area (Å²) < 4.78 is 4.45. The van der Waals surface area contributed by atoms with Crippen molar-refractivity contribution in [2.45, 2.75) is 44.2 Å². The lowest BCUT2D eigenvalue weighted by atomic mass is 9.98. The first-order chi connectivity index (χ1) is 8.89. The van der Waals surface area contributed by atoms with Gasteiger partial charge in [0, 0.05) is 6.42 Å². The van der Waals surface area contributed by atoms with Crippen molar-refractivity contribution in [1.29, 1.82) is 0 Å². The predicted octanol–water partition coefficient (Wildman–Crippen LogP) is -0.349. The molecule has 0 aromatic carbocycles. The van der Waals surface area contributed by atoms with Crippen molar-refractivity contribution in [3.05, 3.63) is 0 Å². The zero-order valence-electron chi connectivity index (χ0n) is 11.2. The number of hydrogen-bond acceptors (Lipinski definition) is 5. The van der Waals surface area contributed by atoms with Gasteiger partial charge < -0.3 is 20.5 Å². The average Bonchev–Trinajstić information content (AvgIpc) is 2.81. The van der Waals surface area contributed by atoms with E-state index in [1.807, 2.05) is 0 Å². The number of carbonyl (C=O) groups excluding carboxylic acids is 2. The average molecular weight is 272 g/mol. The van der Waals surface area contributed by atoms with Gasteiger partial charge in [-0.25, -0.2) is 4.79 Å². The van der Waals surface area contributed by atoms with Gasteiger partial charge in [0.25, 0.3) is 0 Å². The highest BCUT2D eigenvalue weighted by molar-refractivity contribution is 5.90. The van der Waals surface area contributed by atoms with Crippen molar-refractivity contribution in [1.82, 2.24) is 10.6 Å². The van der Waals surface area contributed by atoms with E-state index in [0.29, 0.717) is 6.42 Å². The fraction of sp³-hybridized carbons (Fsp3) is 0.750. The highest BCUT2D eigenvalue weighted by atomic mass is 16.5. The number of rotatable bonds is 6. The molecule has 0 saturated carbocycles. The summed E-state index contributed by atoms with van der Waals surface area (Å²) in [4.78, 5) is 34.1. The second kappa shape index (κ2) is 6.51. The van der Waals surface area contributed by atoms with E-state index in [-0.39, 0.29) is 18.7 Å². The zero-order valence-corrected chi connectivity index (χ0v) is 11.2. The Morgan fingerprint density at radius 3 is 2.63 bits per heavy atom. The second-order valence-corrected chi connectivity index (χ2v) is 4.84. The van der Waals surface area contributed by atoms with Crippen LogP contribution in [0.4, 0.5) is 0 Å². The van der Waals surface area contributed by atoms with E-state index in [1.54, 1.807) is 6.92 Å². The summed E-state index contributed by atoms with van der Waals surface area (Å²) in [5.74, 6) is -1.99. The molecule has 19 heavy (non-hydrogen) atoms. The minimum atomic E-state index is -1.15. The van der Waals surface area contributed by atoms with Gasteiger partial charge in [0.1, 0.15) is 6.04 Å². The molecule has 2 atom stereocenters. The highest BCUT2D eigenvalue weighted by Crippen LogP contribution is 2.19. The summed E-state index contributed by atoms with van der Waals surface area (Å²) >= 11 is 0. The largest absolute Gasteiger partial charge is 0.480 e. The lowest BCUT2D eigenvalue weighted by Gasteiger charge is -2.25. The molecule has 0 spiro atoms. The summed E-state index contributed by atoms with van der Waals surface area (Å²) in [5.41, 5.74) is -0.723. The number of ether oxygens (including phenoxy) is 1. The number of nitrogens with one attached hydrogen (secondary N) is 2. The van der Waals surface area contributed by atoms with E-state index in [0.717, 1.165) is 13.0 Å². The third kappa shape index (κ3) is 4.20. The molecule has 1 unspecified atom stereocenters. The van der Waals surface area contributed by atoms with E-state index in [2.05, 4.69) is 15.4 Å². The fourth-order valence-corrected chi connectivity index (χ4v) is 2.03. The number of esters is 1. The van der Waals surface area contributed by atoms with Crippen LogP contribution in [0.5, 0.6) is 0 Å². The number of carboxylic acids is 1. The van der Waals surface area contributed by atoms with E-state index in [4.69, 9.17) is 5.11 Å². The first kappa shape index (κ1) is 15.4. The summed E-state index contributed by atoms with van der Waals surface area (Å²) in [6.07, 6.45) is 1.52. The molecule has 0 aromatic rings. The standard InChI is InChI=1S/C12H20N2O5/c1-12(6-3-7-13-12)11(18)14-8(10(16)17)4-5-9(15)19-2/h8,13H,3-7H2,1-2H3,(H,14,18)(H,16,17)/t8-,12?/m0/s1. The van der Waals surface area contributed by atoms with Gasteiger partial charge in [-0.3, -0.25) is 9.59 Å². The molecule has 1 rings (SSSR count). The van der Waals surface area contributed by atoms with Crippen LogP contribution in [0.2, 0.25) is 0 Å². The minimum absolute atomic E-state index is 0.0177. The molecule has 1 heterocycles. The Bertz CT molecular complexity index is 363. The molecular weight excluding hydrogens is 252 g/mol. The molecule has 1 fully saturated rings. The van der Waals surface area contributed by atoms with Crippen LogP contribution < -0.4 is 10.6 Å². The quantitative estimate of drug-likeness (QED) is 0.571. The molecule has 108 valence electrons.